The number of furan rings is 1. The molecule has 1 aromatic carbocycles. The number of amides is 1. The van der Waals surface area contributed by atoms with Gasteiger partial charge in [0.05, 0.1) is 29.7 Å². The zero-order chi connectivity index (χ0) is 23.3. The highest BCUT2D eigenvalue weighted by molar-refractivity contribution is 7.20. The van der Waals surface area contributed by atoms with Crippen LogP contribution >= 0.6 is 22.9 Å². The van der Waals surface area contributed by atoms with E-state index in [-0.39, 0.29) is 24.5 Å². The van der Waals surface area contributed by atoms with Gasteiger partial charge in [-0.05, 0) is 42.0 Å². The van der Waals surface area contributed by atoms with Crippen LogP contribution in [0.15, 0.2) is 39.8 Å². The Bertz CT molecular complexity index is 1580. The summed E-state index contributed by atoms with van der Waals surface area (Å²) in [6, 6.07) is 6.87. The summed E-state index contributed by atoms with van der Waals surface area (Å²) < 4.78 is 6.99. The van der Waals surface area contributed by atoms with E-state index < -0.39 is 12.0 Å². The molecule has 0 aliphatic heterocycles. The Hall–Kier alpha value is -3.61. The van der Waals surface area contributed by atoms with E-state index >= 15 is 0 Å². The second kappa shape index (κ2) is 8.06. The van der Waals surface area contributed by atoms with Crippen molar-refractivity contribution in [2.45, 2.75) is 26.1 Å². The summed E-state index contributed by atoms with van der Waals surface area (Å²) in [5.41, 5.74) is 6.14. The van der Waals surface area contributed by atoms with E-state index in [9.17, 15) is 14.7 Å². The molecule has 11 nitrogen and oxygen atoms in total. The number of aryl methyl sites for hydroxylation is 1. The number of aromatic nitrogens is 6. The Morgan fingerprint density at radius 1 is 1.36 bits per heavy atom. The minimum atomic E-state index is -1.01. The van der Waals surface area contributed by atoms with E-state index in [1.54, 1.807) is 31.2 Å². The first kappa shape index (κ1) is 21.2. The lowest BCUT2D eigenvalue weighted by Gasteiger charge is -2.05. The van der Waals surface area contributed by atoms with Gasteiger partial charge in [-0.3, -0.25) is 14.2 Å². The number of aliphatic hydroxyl groups is 1. The molecule has 5 rings (SSSR count). The average Bonchev–Trinajstić information content (AvgIpc) is 3.47. The van der Waals surface area contributed by atoms with E-state index in [2.05, 4.69) is 20.4 Å². The van der Waals surface area contributed by atoms with Gasteiger partial charge in [-0.2, -0.15) is 4.80 Å². The van der Waals surface area contributed by atoms with Gasteiger partial charge in [0.25, 0.3) is 11.5 Å². The van der Waals surface area contributed by atoms with Gasteiger partial charge in [0.15, 0.2) is 5.82 Å². The predicted octanol–water partition coefficient (Wildman–Crippen LogP) is 2.03. The van der Waals surface area contributed by atoms with Crippen LogP contribution in [0.25, 0.3) is 21.2 Å². The summed E-state index contributed by atoms with van der Waals surface area (Å²) in [5.74, 6) is -0.00260. The molecule has 1 atom stereocenters. The molecule has 33 heavy (non-hydrogen) atoms. The third kappa shape index (κ3) is 3.88. The minimum absolute atomic E-state index is 0.00164. The van der Waals surface area contributed by atoms with Crippen molar-refractivity contribution in [2.24, 2.45) is 5.73 Å². The van der Waals surface area contributed by atoms with Crippen LogP contribution in [0.3, 0.4) is 0 Å². The number of hydrogen-bond donors (Lipinski definition) is 2. The van der Waals surface area contributed by atoms with E-state index in [0.29, 0.717) is 37.0 Å². The standard InChI is InChI=1S/C20H16ClN7O4S/c1-9-16-19(33-17(9)18(22)30)23-8-27(20(16)31)7-15-24-26-28(25-15)6-12(29)14-5-10-4-11(21)2-3-13(10)32-14/h2-5,8,12,29H,6-7H2,1H3,(H2,22,30)/t12-/m0/s1. The number of aliphatic hydroxyl groups excluding tert-OH is 1. The van der Waals surface area contributed by atoms with Crippen LogP contribution in [0, 0.1) is 6.92 Å². The number of fused-ring (bicyclic) bond motifs is 2. The number of benzene rings is 1. The fourth-order valence-corrected chi connectivity index (χ4v) is 4.69. The van der Waals surface area contributed by atoms with E-state index in [4.69, 9.17) is 21.8 Å². The fourth-order valence-electron chi connectivity index (χ4n) is 3.52. The maximum Gasteiger partial charge on any atom is 0.262 e. The summed E-state index contributed by atoms with van der Waals surface area (Å²) in [5, 5.41) is 24.3. The highest BCUT2D eigenvalue weighted by atomic mass is 35.5. The van der Waals surface area contributed by atoms with Gasteiger partial charge in [0.2, 0.25) is 0 Å². The van der Waals surface area contributed by atoms with Crippen molar-refractivity contribution < 1.29 is 14.3 Å². The van der Waals surface area contributed by atoms with Crippen LogP contribution in [-0.2, 0) is 13.1 Å². The molecule has 0 spiro atoms. The molecule has 4 heterocycles. The van der Waals surface area contributed by atoms with Gasteiger partial charge in [0, 0.05) is 10.4 Å². The first-order chi connectivity index (χ1) is 15.8. The molecule has 4 aromatic heterocycles. The summed E-state index contributed by atoms with van der Waals surface area (Å²) in [6.45, 7) is 1.68. The number of thiophene rings is 1. The number of primary amides is 1. The SMILES string of the molecule is Cc1c(C(N)=O)sc2ncn(Cc3nnn(C[C@H](O)c4cc5cc(Cl)ccc5o4)n3)c(=O)c12. The van der Waals surface area contributed by atoms with E-state index in [1.165, 1.54) is 15.7 Å². The number of nitrogens with zero attached hydrogens (tertiary/aromatic N) is 6. The summed E-state index contributed by atoms with van der Waals surface area (Å²) in [7, 11) is 0. The fraction of sp³-hybridized carbons (Fsp3) is 0.200. The summed E-state index contributed by atoms with van der Waals surface area (Å²) >= 11 is 7.07. The molecule has 5 aromatic rings. The molecule has 0 saturated carbocycles. The highest BCUT2D eigenvalue weighted by Crippen LogP contribution is 2.27. The molecule has 168 valence electrons. The number of carbonyl (C=O) groups is 1. The number of halogens is 1. The van der Waals surface area contributed by atoms with Gasteiger partial charge in [0.1, 0.15) is 22.3 Å². The maximum absolute atomic E-state index is 12.9. The molecule has 0 fully saturated rings. The smallest absolute Gasteiger partial charge is 0.262 e. The number of rotatable bonds is 6. The van der Waals surface area contributed by atoms with Gasteiger partial charge >= 0.3 is 0 Å². The van der Waals surface area contributed by atoms with Crippen molar-refractivity contribution in [1.82, 2.24) is 29.8 Å². The minimum Gasteiger partial charge on any atom is -0.458 e. The molecule has 0 aliphatic carbocycles. The van der Waals surface area contributed by atoms with Crippen molar-refractivity contribution >= 4 is 50.0 Å². The molecular weight excluding hydrogens is 470 g/mol. The lowest BCUT2D eigenvalue weighted by Crippen LogP contribution is -2.22. The normalized spacial score (nSPS) is 12.6. The van der Waals surface area contributed by atoms with Crippen LogP contribution < -0.4 is 11.3 Å². The van der Waals surface area contributed by atoms with Gasteiger partial charge in [-0.25, -0.2) is 4.98 Å². The predicted molar refractivity (Wildman–Crippen MR) is 120 cm³/mol. The van der Waals surface area contributed by atoms with Crippen LogP contribution in [-0.4, -0.2) is 40.8 Å². The Labute approximate surface area is 194 Å². The quantitative estimate of drug-likeness (QED) is 0.370. The average molecular weight is 486 g/mol. The van der Waals surface area contributed by atoms with Crippen LogP contribution in [0.4, 0.5) is 0 Å². The molecule has 1 amide bonds. The van der Waals surface area contributed by atoms with Gasteiger partial charge in [-0.1, -0.05) is 11.6 Å². The molecule has 0 aliphatic rings. The first-order valence-electron chi connectivity index (χ1n) is 9.72. The Morgan fingerprint density at radius 3 is 2.97 bits per heavy atom. The van der Waals surface area contributed by atoms with Crippen molar-refractivity contribution in [3.63, 3.8) is 0 Å². The number of nitrogens with two attached hydrogens (primary N) is 1. The number of hydrogen-bond acceptors (Lipinski definition) is 9. The van der Waals surface area contributed by atoms with Crippen LogP contribution in [0.5, 0.6) is 0 Å². The Morgan fingerprint density at radius 2 is 2.18 bits per heavy atom. The Balaban J connectivity index is 1.36. The molecule has 3 N–H and O–H groups in total. The van der Waals surface area contributed by atoms with Gasteiger partial charge < -0.3 is 15.3 Å². The van der Waals surface area contributed by atoms with Crippen molar-refractivity contribution in [2.75, 3.05) is 0 Å². The molecule has 0 radical (unpaired) electrons. The van der Waals surface area contributed by atoms with Crippen LogP contribution in [0.1, 0.15) is 32.9 Å². The summed E-state index contributed by atoms with van der Waals surface area (Å²) in [4.78, 5) is 30.7. The van der Waals surface area contributed by atoms with E-state index in [1.807, 2.05) is 0 Å². The largest absolute Gasteiger partial charge is 0.458 e. The molecule has 0 unspecified atom stereocenters. The number of carbonyl (C=O) groups excluding carboxylic acids is 1. The molecular formula is C20H16ClN7O4S. The first-order valence-corrected chi connectivity index (χ1v) is 10.9. The van der Waals surface area contributed by atoms with Crippen molar-refractivity contribution in [3.8, 4) is 0 Å². The van der Waals surface area contributed by atoms with Crippen LogP contribution in [0.2, 0.25) is 5.02 Å². The van der Waals surface area contributed by atoms with E-state index in [0.717, 1.165) is 16.7 Å². The zero-order valence-corrected chi connectivity index (χ0v) is 18.7. The third-order valence-electron chi connectivity index (χ3n) is 5.11. The van der Waals surface area contributed by atoms with Gasteiger partial charge in [-0.15, -0.1) is 21.5 Å². The summed E-state index contributed by atoms with van der Waals surface area (Å²) in [6.07, 6.45) is 0.347. The zero-order valence-electron chi connectivity index (χ0n) is 17.1. The second-order valence-electron chi connectivity index (χ2n) is 7.39. The third-order valence-corrected chi connectivity index (χ3v) is 6.56. The molecule has 0 saturated heterocycles. The van der Waals surface area contributed by atoms with Crippen molar-refractivity contribution in [1.29, 1.82) is 0 Å². The lowest BCUT2D eigenvalue weighted by molar-refractivity contribution is 0.100. The number of tetrazole rings is 1. The van der Waals surface area contributed by atoms with Crippen molar-refractivity contribution in [3.05, 3.63) is 68.0 Å². The monoisotopic (exact) mass is 485 g/mol. The molecule has 0 bridgehead atoms. The topological polar surface area (TPSA) is 155 Å². The Kier molecular flexibility index (Phi) is 5.19. The molecule has 13 heteroatoms. The maximum atomic E-state index is 12.9. The lowest BCUT2D eigenvalue weighted by atomic mass is 10.2. The second-order valence-corrected chi connectivity index (χ2v) is 8.82. The highest BCUT2D eigenvalue weighted by Gasteiger charge is 2.19.